The van der Waals surface area contributed by atoms with Crippen molar-refractivity contribution >= 4 is 28.8 Å². The number of aromatic nitrogens is 3. The van der Waals surface area contributed by atoms with Crippen LogP contribution in [0.5, 0.6) is 0 Å². The number of aryl methyl sites for hydroxylation is 1. The van der Waals surface area contributed by atoms with Gasteiger partial charge in [0.15, 0.2) is 5.65 Å². The van der Waals surface area contributed by atoms with Gasteiger partial charge in [0.05, 0.1) is 6.20 Å². The van der Waals surface area contributed by atoms with Crippen LogP contribution in [0.3, 0.4) is 0 Å². The molecule has 0 saturated carbocycles. The van der Waals surface area contributed by atoms with Crippen LogP contribution in [0.2, 0.25) is 10.2 Å². The summed E-state index contributed by atoms with van der Waals surface area (Å²) >= 11 is 12.2. The van der Waals surface area contributed by atoms with E-state index in [9.17, 15) is 0 Å². The van der Waals surface area contributed by atoms with Crippen LogP contribution in [0, 0.1) is 13.8 Å². The molecular formula is C14H11Cl2N3. The minimum absolute atomic E-state index is 0.600. The zero-order chi connectivity index (χ0) is 13.6. The highest BCUT2D eigenvalue weighted by atomic mass is 35.5. The molecule has 0 aliphatic rings. The van der Waals surface area contributed by atoms with Crippen LogP contribution in [0.25, 0.3) is 16.8 Å². The monoisotopic (exact) mass is 291 g/mol. The molecule has 0 radical (unpaired) electrons. The van der Waals surface area contributed by atoms with E-state index in [0.717, 1.165) is 28.0 Å². The van der Waals surface area contributed by atoms with E-state index in [1.54, 1.807) is 10.7 Å². The largest absolute Gasteiger partial charge is 0.233 e. The van der Waals surface area contributed by atoms with E-state index >= 15 is 0 Å². The van der Waals surface area contributed by atoms with E-state index in [1.807, 2.05) is 38.1 Å². The molecule has 96 valence electrons. The summed E-state index contributed by atoms with van der Waals surface area (Å²) < 4.78 is 1.66. The van der Waals surface area contributed by atoms with Gasteiger partial charge in [0, 0.05) is 21.8 Å². The number of fused-ring (bicyclic) bond motifs is 1. The minimum atomic E-state index is 0.600. The molecule has 3 nitrogen and oxygen atoms in total. The quantitative estimate of drug-likeness (QED) is 0.625. The van der Waals surface area contributed by atoms with Crippen molar-refractivity contribution in [3.05, 3.63) is 51.9 Å². The Bertz CT molecular complexity index is 760. The smallest absolute Gasteiger partial charge is 0.164 e. The van der Waals surface area contributed by atoms with Crippen molar-refractivity contribution in [2.24, 2.45) is 0 Å². The normalized spacial score (nSPS) is 11.2. The van der Waals surface area contributed by atoms with Crippen LogP contribution in [-0.2, 0) is 0 Å². The van der Waals surface area contributed by atoms with Crippen molar-refractivity contribution < 1.29 is 0 Å². The lowest BCUT2D eigenvalue weighted by Crippen LogP contribution is -1.98. The molecule has 2 aromatic heterocycles. The van der Waals surface area contributed by atoms with Gasteiger partial charge in [0.25, 0.3) is 0 Å². The van der Waals surface area contributed by atoms with Crippen LogP contribution < -0.4 is 0 Å². The van der Waals surface area contributed by atoms with E-state index in [0.29, 0.717) is 10.2 Å². The van der Waals surface area contributed by atoms with E-state index in [-0.39, 0.29) is 0 Å². The zero-order valence-corrected chi connectivity index (χ0v) is 12.0. The molecule has 19 heavy (non-hydrogen) atoms. The van der Waals surface area contributed by atoms with Crippen molar-refractivity contribution in [1.29, 1.82) is 0 Å². The highest BCUT2D eigenvalue weighted by Gasteiger charge is 2.13. The second kappa shape index (κ2) is 4.51. The molecule has 2 heterocycles. The Hall–Kier alpha value is -1.58. The standard InChI is InChI=1S/C14H11Cl2N3/c1-8-9(2)18-14-12(7-17-19(14)13(8)16)10-3-5-11(15)6-4-10/h3-7H,1-2H3. The molecule has 0 spiro atoms. The number of rotatable bonds is 1. The highest BCUT2D eigenvalue weighted by Crippen LogP contribution is 2.28. The highest BCUT2D eigenvalue weighted by molar-refractivity contribution is 6.31. The van der Waals surface area contributed by atoms with Crippen LogP contribution in [0.15, 0.2) is 30.5 Å². The van der Waals surface area contributed by atoms with Crippen molar-refractivity contribution in [3.8, 4) is 11.1 Å². The average molecular weight is 292 g/mol. The Morgan fingerprint density at radius 2 is 1.74 bits per heavy atom. The molecule has 0 saturated heterocycles. The first-order valence-corrected chi connectivity index (χ1v) is 6.60. The summed E-state index contributed by atoms with van der Waals surface area (Å²) in [5.74, 6) is 0. The summed E-state index contributed by atoms with van der Waals surface area (Å²) in [5, 5.41) is 5.61. The molecule has 0 atom stereocenters. The summed E-state index contributed by atoms with van der Waals surface area (Å²) in [6.07, 6.45) is 1.77. The molecule has 0 amide bonds. The van der Waals surface area contributed by atoms with Gasteiger partial charge >= 0.3 is 0 Å². The number of benzene rings is 1. The number of hydrogen-bond acceptors (Lipinski definition) is 2. The lowest BCUT2D eigenvalue weighted by molar-refractivity contribution is 0.916. The van der Waals surface area contributed by atoms with E-state index < -0.39 is 0 Å². The molecule has 0 N–H and O–H groups in total. The summed E-state index contributed by atoms with van der Waals surface area (Å²) in [7, 11) is 0. The van der Waals surface area contributed by atoms with Crippen LogP contribution in [0.1, 0.15) is 11.3 Å². The fourth-order valence-electron chi connectivity index (χ4n) is 1.98. The van der Waals surface area contributed by atoms with E-state index in [2.05, 4.69) is 10.1 Å². The molecule has 1 aromatic carbocycles. The topological polar surface area (TPSA) is 30.2 Å². The summed E-state index contributed by atoms with van der Waals surface area (Å²) in [6.45, 7) is 3.88. The maximum atomic E-state index is 6.30. The van der Waals surface area contributed by atoms with Gasteiger partial charge in [-0.25, -0.2) is 9.50 Å². The Labute approximate surface area is 120 Å². The van der Waals surface area contributed by atoms with Crippen molar-refractivity contribution in [2.75, 3.05) is 0 Å². The van der Waals surface area contributed by atoms with Gasteiger partial charge in [-0.2, -0.15) is 5.10 Å². The predicted molar refractivity (Wildman–Crippen MR) is 77.9 cm³/mol. The minimum Gasteiger partial charge on any atom is -0.233 e. The number of halogens is 2. The van der Waals surface area contributed by atoms with Gasteiger partial charge < -0.3 is 0 Å². The molecule has 0 bridgehead atoms. The molecule has 5 heteroatoms. The van der Waals surface area contributed by atoms with Gasteiger partial charge in [-0.05, 0) is 31.5 Å². The third-order valence-corrected chi connectivity index (χ3v) is 3.91. The fourth-order valence-corrected chi connectivity index (χ4v) is 2.36. The molecule has 3 rings (SSSR count). The second-order valence-electron chi connectivity index (χ2n) is 4.41. The first kappa shape index (κ1) is 12.5. The van der Waals surface area contributed by atoms with Crippen molar-refractivity contribution in [1.82, 2.24) is 14.6 Å². The zero-order valence-electron chi connectivity index (χ0n) is 10.5. The van der Waals surface area contributed by atoms with Gasteiger partial charge in [0.1, 0.15) is 5.15 Å². The molecule has 0 aliphatic carbocycles. The Morgan fingerprint density at radius 1 is 1.05 bits per heavy atom. The maximum absolute atomic E-state index is 6.30. The number of nitrogens with zero attached hydrogens (tertiary/aromatic N) is 3. The fraction of sp³-hybridized carbons (Fsp3) is 0.143. The Morgan fingerprint density at radius 3 is 2.42 bits per heavy atom. The Kier molecular flexibility index (Phi) is 2.96. The average Bonchev–Trinajstić information content (AvgIpc) is 2.81. The molecule has 3 aromatic rings. The predicted octanol–water partition coefficient (Wildman–Crippen LogP) is 4.32. The SMILES string of the molecule is Cc1nc2c(-c3ccc(Cl)cc3)cnn2c(Cl)c1C. The summed E-state index contributed by atoms with van der Waals surface area (Å²) in [4.78, 5) is 4.58. The van der Waals surface area contributed by atoms with Gasteiger partial charge in [-0.1, -0.05) is 35.3 Å². The first-order valence-electron chi connectivity index (χ1n) is 5.84. The molecule has 0 aliphatic heterocycles. The van der Waals surface area contributed by atoms with E-state index in [4.69, 9.17) is 23.2 Å². The van der Waals surface area contributed by atoms with E-state index in [1.165, 1.54) is 0 Å². The maximum Gasteiger partial charge on any atom is 0.164 e. The first-order chi connectivity index (χ1) is 9.08. The third-order valence-electron chi connectivity index (χ3n) is 3.21. The summed E-state index contributed by atoms with van der Waals surface area (Å²) in [5.41, 5.74) is 4.58. The lowest BCUT2D eigenvalue weighted by Gasteiger charge is -2.05. The molecule has 0 unspecified atom stereocenters. The number of hydrogen-bond donors (Lipinski definition) is 0. The lowest BCUT2D eigenvalue weighted by atomic mass is 10.1. The third kappa shape index (κ3) is 1.99. The van der Waals surface area contributed by atoms with Crippen LogP contribution in [0.4, 0.5) is 0 Å². The van der Waals surface area contributed by atoms with Gasteiger partial charge in [-0.15, -0.1) is 0 Å². The van der Waals surface area contributed by atoms with Crippen LogP contribution >= 0.6 is 23.2 Å². The molecular weight excluding hydrogens is 281 g/mol. The summed E-state index contributed by atoms with van der Waals surface area (Å²) in [6, 6.07) is 7.60. The molecule has 0 fully saturated rings. The van der Waals surface area contributed by atoms with Gasteiger partial charge in [-0.3, -0.25) is 0 Å². The van der Waals surface area contributed by atoms with Crippen LogP contribution in [-0.4, -0.2) is 14.6 Å². The van der Waals surface area contributed by atoms with Gasteiger partial charge in [0.2, 0.25) is 0 Å². The Balaban J connectivity index is 2.29. The van der Waals surface area contributed by atoms with Crippen molar-refractivity contribution in [2.45, 2.75) is 13.8 Å². The second-order valence-corrected chi connectivity index (χ2v) is 5.21. The van der Waals surface area contributed by atoms with Crippen molar-refractivity contribution in [3.63, 3.8) is 0 Å².